The van der Waals surface area contributed by atoms with E-state index in [1.54, 1.807) is 49.7 Å². The van der Waals surface area contributed by atoms with Crippen LogP contribution in [0.15, 0.2) is 66.9 Å². The van der Waals surface area contributed by atoms with Gasteiger partial charge in [0.2, 0.25) is 0 Å². The summed E-state index contributed by atoms with van der Waals surface area (Å²) >= 11 is 5.85. The van der Waals surface area contributed by atoms with Gasteiger partial charge in [0.05, 0.1) is 12.8 Å². The maximum absolute atomic E-state index is 12.4. The fourth-order valence-corrected chi connectivity index (χ4v) is 2.39. The molecule has 0 saturated heterocycles. The fraction of sp³-hybridized carbons (Fsp3) is 0.0526. The van der Waals surface area contributed by atoms with Crippen LogP contribution in [0.5, 0.6) is 5.75 Å². The van der Waals surface area contributed by atoms with Gasteiger partial charge in [0.1, 0.15) is 11.6 Å². The summed E-state index contributed by atoms with van der Waals surface area (Å²) in [7, 11) is 1.60. The van der Waals surface area contributed by atoms with Crippen molar-refractivity contribution in [3.8, 4) is 5.75 Å². The minimum Gasteiger partial charge on any atom is -0.495 e. The van der Waals surface area contributed by atoms with Gasteiger partial charge in [-0.1, -0.05) is 23.7 Å². The van der Waals surface area contributed by atoms with Crippen LogP contribution in [0.25, 0.3) is 0 Å². The molecule has 3 rings (SSSR count). The number of ether oxygens (including phenoxy) is 1. The van der Waals surface area contributed by atoms with Crippen molar-refractivity contribution in [2.45, 2.75) is 0 Å². The number of benzene rings is 2. The number of hydrogen-bond acceptors (Lipinski definition) is 4. The van der Waals surface area contributed by atoms with Crippen LogP contribution in [-0.2, 0) is 0 Å². The molecule has 0 bridgehead atoms. The number of carbonyl (C=O) groups excluding carboxylic acids is 1. The molecule has 0 aliphatic heterocycles. The normalized spacial score (nSPS) is 10.2. The molecule has 0 atom stereocenters. The third kappa shape index (κ3) is 4.28. The molecule has 0 saturated carbocycles. The van der Waals surface area contributed by atoms with Crippen molar-refractivity contribution >= 4 is 34.7 Å². The van der Waals surface area contributed by atoms with E-state index < -0.39 is 0 Å². The Kier molecular flexibility index (Phi) is 5.16. The molecule has 1 aromatic heterocycles. The van der Waals surface area contributed by atoms with E-state index in [4.69, 9.17) is 16.3 Å². The van der Waals surface area contributed by atoms with E-state index in [2.05, 4.69) is 15.6 Å². The van der Waals surface area contributed by atoms with Crippen molar-refractivity contribution < 1.29 is 9.53 Å². The first kappa shape index (κ1) is 16.8. The number of aromatic nitrogens is 1. The van der Waals surface area contributed by atoms with Crippen LogP contribution in [0.2, 0.25) is 5.02 Å². The molecule has 2 N–H and O–H groups in total. The van der Waals surface area contributed by atoms with Gasteiger partial charge in [0, 0.05) is 22.5 Å². The number of anilines is 3. The first-order chi connectivity index (χ1) is 12.2. The van der Waals surface area contributed by atoms with Crippen LogP contribution < -0.4 is 15.4 Å². The van der Waals surface area contributed by atoms with E-state index in [0.29, 0.717) is 27.8 Å². The Bertz CT molecular complexity index is 882. The Labute approximate surface area is 150 Å². The highest BCUT2D eigenvalue weighted by atomic mass is 35.5. The highest BCUT2D eigenvalue weighted by Gasteiger charge is 2.09. The maximum Gasteiger partial charge on any atom is 0.255 e. The summed E-state index contributed by atoms with van der Waals surface area (Å²) < 4.78 is 5.30. The second-order valence-electron chi connectivity index (χ2n) is 5.22. The molecule has 5 nitrogen and oxygen atoms in total. The van der Waals surface area contributed by atoms with Crippen molar-refractivity contribution in [1.82, 2.24) is 4.98 Å². The molecule has 1 amide bonds. The van der Waals surface area contributed by atoms with E-state index in [0.717, 1.165) is 5.69 Å². The molecule has 0 aliphatic rings. The summed E-state index contributed by atoms with van der Waals surface area (Å²) in [4.78, 5) is 16.6. The number of pyridine rings is 1. The lowest BCUT2D eigenvalue weighted by molar-refractivity contribution is 0.102. The zero-order chi connectivity index (χ0) is 17.6. The smallest absolute Gasteiger partial charge is 0.255 e. The zero-order valence-corrected chi connectivity index (χ0v) is 14.2. The van der Waals surface area contributed by atoms with Gasteiger partial charge in [-0.2, -0.15) is 0 Å². The fourth-order valence-electron chi connectivity index (χ4n) is 2.26. The number of para-hydroxylation sites is 2. The largest absolute Gasteiger partial charge is 0.495 e. The predicted octanol–water partition coefficient (Wildman–Crippen LogP) is 4.74. The molecule has 0 unspecified atom stereocenters. The number of amides is 1. The van der Waals surface area contributed by atoms with E-state index in [9.17, 15) is 4.79 Å². The van der Waals surface area contributed by atoms with Gasteiger partial charge < -0.3 is 15.4 Å². The lowest BCUT2D eigenvalue weighted by Gasteiger charge is -2.11. The second-order valence-corrected chi connectivity index (χ2v) is 5.65. The summed E-state index contributed by atoms with van der Waals surface area (Å²) in [6.45, 7) is 0. The molecule has 0 fully saturated rings. The lowest BCUT2D eigenvalue weighted by Crippen LogP contribution is -2.12. The SMILES string of the molecule is COc1ccccc1Nc1cc(C(=O)Nc2ccc(Cl)cc2)ccn1. The van der Waals surface area contributed by atoms with Crippen molar-refractivity contribution in [3.05, 3.63) is 77.4 Å². The van der Waals surface area contributed by atoms with Gasteiger partial charge in [0.25, 0.3) is 5.91 Å². The molecule has 25 heavy (non-hydrogen) atoms. The number of hydrogen-bond donors (Lipinski definition) is 2. The van der Waals surface area contributed by atoms with Crippen LogP contribution in [0, 0.1) is 0 Å². The highest BCUT2D eigenvalue weighted by molar-refractivity contribution is 6.30. The van der Waals surface area contributed by atoms with Crippen LogP contribution in [0.1, 0.15) is 10.4 Å². The average Bonchev–Trinajstić information content (AvgIpc) is 2.64. The van der Waals surface area contributed by atoms with E-state index in [1.807, 2.05) is 24.3 Å². The van der Waals surface area contributed by atoms with Crippen molar-refractivity contribution in [2.24, 2.45) is 0 Å². The third-order valence-electron chi connectivity index (χ3n) is 3.49. The molecule has 0 radical (unpaired) electrons. The molecule has 0 spiro atoms. The zero-order valence-electron chi connectivity index (χ0n) is 13.5. The minimum atomic E-state index is -0.229. The molecular formula is C19H16ClN3O2. The van der Waals surface area contributed by atoms with E-state index >= 15 is 0 Å². The molecule has 126 valence electrons. The van der Waals surface area contributed by atoms with Crippen LogP contribution in [0.3, 0.4) is 0 Å². The maximum atomic E-state index is 12.4. The summed E-state index contributed by atoms with van der Waals surface area (Å²) in [5.41, 5.74) is 1.93. The summed E-state index contributed by atoms with van der Waals surface area (Å²) in [6.07, 6.45) is 1.58. The lowest BCUT2D eigenvalue weighted by atomic mass is 10.2. The average molecular weight is 354 g/mol. The molecule has 3 aromatic rings. The van der Waals surface area contributed by atoms with Gasteiger partial charge in [-0.3, -0.25) is 4.79 Å². The van der Waals surface area contributed by atoms with Crippen molar-refractivity contribution in [2.75, 3.05) is 17.7 Å². The monoisotopic (exact) mass is 353 g/mol. The first-order valence-electron chi connectivity index (χ1n) is 7.59. The summed E-state index contributed by atoms with van der Waals surface area (Å²) in [5.74, 6) is 1.02. The topological polar surface area (TPSA) is 63.2 Å². The Morgan fingerprint density at radius 1 is 1.08 bits per heavy atom. The Hall–Kier alpha value is -3.05. The van der Waals surface area contributed by atoms with Gasteiger partial charge >= 0.3 is 0 Å². The Morgan fingerprint density at radius 3 is 2.60 bits per heavy atom. The van der Waals surface area contributed by atoms with Crippen molar-refractivity contribution in [3.63, 3.8) is 0 Å². The molecule has 6 heteroatoms. The minimum absolute atomic E-state index is 0.229. The standard InChI is InChI=1S/C19H16ClN3O2/c1-25-17-5-3-2-4-16(17)23-18-12-13(10-11-21-18)19(24)22-15-8-6-14(20)7-9-15/h2-12H,1H3,(H,21,23)(H,22,24). The number of nitrogens with zero attached hydrogens (tertiary/aromatic N) is 1. The number of rotatable bonds is 5. The number of nitrogens with one attached hydrogen (secondary N) is 2. The van der Waals surface area contributed by atoms with Gasteiger partial charge in [-0.05, 0) is 48.5 Å². The Balaban J connectivity index is 1.76. The summed E-state index contributed by atoms with van der Waals surface area (Å²) in [5, 5.41) is 6.59. The van der Waals surface area contributed by atoms with Gasteiger partial charge in [-0.15, -0.1) is 0 Å². The first-order valence-corrected chi connectivity index (χ1v) is 7.96. The van der Waals surface area contributed by atoms with Gasteiger partial charge in [-0.25, -0.2) is 4.98 Å². The molecule has 1 heterocycles. The second kappa shape index (κ2) is 7.68. The summed E-state index contributed by atoms with van der Waals surface area (Å²) in [6, 6.07) is 17.8. The predicted molar refractivity (Wildman–Crippen MR) is 99.9 cm³/mol. The number of halogens is 1. The van der Waals surface area contributed by atoms with E-state index in [1.165, 1.54) is 0 Å². The number of methoxy groups -OCH3 is 1. The molecular weight excluding hydrogens is 338 g/mol. The number of carbonyl (C=O) groups is 1. The van der Waals surface area contributed by atoms with Crippen molar-refractivity contribution in [1.29, 1.82) is 0 Å². The van der Waals surface area contributed by atoms with Crippen LogP contribution in [0.4, 0.5) is 17.2 Å². The highest BCUT2D eigenvalue weighted by Crippen LogP contribution is 2.26. The molecule has 2 aromatic carbocycles. The third-order valence-corrected chi connectivity index (χ3v) is 3.75. The molecule has 0 aliphatic carbocycles. The van der Waals surface area contributed by atoms with Crippen LogP contribution >= 0.6 is 11.6 Å². The van der Waals surface area contributed by atoms with Gasteiger partial charge in [0.15, 0.2) is 0 Å². The quantitative estimate of drug-likeness (QED) is 0.695. The van der Waals surface area contributed by atoms with E-state index in [-0.39, 0.29) is 5.91 Å². The Morgan fingerprint density at radius 2 is 1.84 bits per heavy atom. The van der Waals surface area contributed by atoms with Crippen LogP contribution in [-0.4, -0.2) is 18.0 Å².